The number of hydrogen-bond acceptors (Lipinski definition) is 5. The van der Waals surface area contributed by atoms with Crippen LogP contribution in [0.4, 0.5) is 0 Å². The molecule has 2 unspecified atom stereocenters. The number of aliphatic hydroxyl groups is 2. The van der Waals surface area contributed by atoms with Crippen molar-refractivity contribution in [1.29, 1.82) is 0 Å². The van der Waals surface area contributed by atoms with Crippen LogP contribution in [0.5, 0.6) is 0 Å². The standard InChI is InChI=1S/C76H145NO5/c1-3-5-7-9-11-13-15-17-18-19-20-21-29-32-35-38-41-45-48-52-56-60-64-68-74(79)73(72-78)77-75(80)69-65-61-57-53-49-46-42-39-36-33-30-27-25-23-22-24-26-28-31-34-37-40-43-47-51-55-59-63-67-71-82-76(81)70-66-62-58-54-50-44-16-14-12-10-8-6-4-2/h8,10,14,16,64,68,73-74,78-79H,3-7,9,11-13,15,17-63,65-67,69-72H2,1-2H3,(H,77,80)/b10-8-,16-14-,68-64+. The number of esters is 1. The lowest BCUT2D eigenvalue weighted by molar-refractivity contribution is -0.143. The second kappa shape index (κ2) is 71.6. The van der Waals surface area contributed by atoms with Crippen molar-refractivity contribution in [3.63, 3.8) is 0 Å². The van der Waals surface area contributed by atoms with E-state index >= 15 is 0 Å². The molecule has 0 aromatic heterocycles. The Bertz CT molecular complexity index is 1330. The van der Waals surface area contributed by atoms with Crippen molar-refractivity contribution in [3.05, 3.63) is 36.5 Å². The van der Waals surface area contributed by atoms with Gasteiger partial charge < -0.3 is 20.3 Å². The summed E-state index contributed by atoms with van der Waals surface area (Å²) in [7, 11) is 0. The molecular weight excluding hydrogens is 1010 g/mol. The highest BCUT2D eigenvalue weighted by Gasteiger charge is 2.18. The zero-order valence-corrected chi connectivity index (χ0v) is 55.5. The van der Waals surface area contributed by atoms with Crippen molar-refractivity contribution >= 4 is 11.9 Å². The maximum absolute atomic E-state index is 12.5. The molecule has 0 rings (SSSR count). The molecule has 6 nitrogen and oxygen atoms in total. The van der Waals surface area contributed by atoms with E-state index in [1.165, 1.54) is 334 Å². The molecule has 0 radical (unpaired) electrons. The Balaban J connectivity index is 3.37. The fraction of sp³-hybridized carbons (Fsp3) is 0.895. The van der Waals surface area contributed by atoms with Gasteiger partial charge in [-0.25, -0.2) is 0 Å². The minimum Gasteiger partial charge on any atom is -0.466 e. The van der Waals surface area contributed by atoms with Crippen LogP contribution in [0.1, 0.15) is 412 Å². The molecule has 3 N–H and O–H groups in total. The number of ether oxygens (including phenoxy) is 1. The molecule has 484 valence electrons. The average molecular weight is 1150 g/mol. The highest BCUT2D eigenvalue weighted by molar-refractivity contribution is 5.76. The Kier molecular flexibility index (Phi) is 69.9. The topological polar surface area (TPSA) is 95.9 Å². The van der Waals surface area contributed by atoms with Gasteiger partial charge in [0.1, 0.15) is 0 Å². The fourth-order valence-corrected chi connectivity index (χ4v) is 11.7. The third-order valence-corrected chi connectivity index (χ3v) is 17.4. The first-order valence-corrected chi connectivity index (χ1v) is 37.3. The quantitative estimate of drug-likeness (QED) is 0.0320. The zero-order valence-electron chi connectivity index (χ0n) is 55.5. The maximum atomic E-state index is 12.5. The van der Waals surface area contributed by atoms with Gasteiger partial charge in [-0.1, -0.05) is 378 Å². The van der Waals surface area contributed by atoms with Gasteiger partial charge in [0.2, 0.25) is 5.91 Å². The molecule has 0 spiro atoms. The SMILES string of the molecule is CCC/C=C\C/C=C\CCCCCCCC(=O)OCCCCCCCCCCCCCCCCCCCCCCCCCCCCCCCC(=O)NC(CO)C(O)/C=C/CCCCCCCCCCCCCCCCCCCCCCC. The number of aliphatic hydroxyl groups excluding tert-OH is 2. The molecule has 0 aromatic rings. The van der Waals surface area contributed by atoms with E-state index in [1.54, 1.807) is 6.08 Å². The third-order valence-electron chi connectivity index (χ3n) is 17.4. The highest BCUT2D eigenvalue weighted by Crippen LogP contribution is 2.19. The summed E-state index contributed by atoms with van der Waals surface area (Å²) < 4.78 is 5.48. The smallest absolute Gasteiger partial charge is 0.305 e. The minimum atomic E-state index is -0.844. The lowest BCUT2D eigenvalue weighted by Gasteiger charge is -2.20. The van der Waals surface area contributed by atoms with Crippen molar-refractivity contribution in [2.24, 2.45) is 0 Å². The predicted molar refractivity (Wildman–Crippen MR) is 361 cm³/mol. The monoisotopic (exact) mass is 1150 g/mol. The van der Waals surface area contributed by atoms with Crippen LogP contribution in [0.25, 0.3) is 0 Å². The fourth-order valence-electron chi connectivity index (χ4n) is 11.7. The van der Waals surface area contributed by atoms with Crippen molar-refractivity contribution < 1.29 is 24.5 Å². The van der Waals surface area contributed by atoms with Crippen LogP contribution in [-0.2, 0) is 14.3 Å². The van der Waals surface area contributed by atoms with Crippen molar-refractivity contribution in [2.75, 3.05) is 13.2 Å². The van der Waals surface area contributed by atoms with E-state index in [1.807, 2.05) is 6.08 Å². The van der Waals surface area contributed by atoms with Crippen LogP contribution in [0.15, 0.2) is 36.5 Å². The molecule has 0 heterocycles. The number of rotatable bonds is 70. The number of carbonyl (C=O) groups is 2. The Morgan fingerprint density at radius 1 is 0.341 bits per heavy atom. The molecular formula is C76H145NO5. The Labute approximate surface area is 513 Å². The van der Waals surface area contributed by atoms with Crippen LogP contribution in [0.3, 0.4) is 0 Å². The van der Waals surface area contributed by atoms with Gasteiger partial charge in [-0.05, 0) is 57.8 Å². The average Bonchev–Trinajstić information content (AvgIpc) is 3.48. The molecule has 1 amide bonds. The Hall–Kier alpha value is -1.92. The number of amides is 1. The molecule has 0 aliphatic carbocycles. The number of carbonyl (C=O) groups excluding carboxylic acids is 2. The predicted octanol–water partition coefficient (Wildman–Crippen LogP) is 24.3. The highest BCUT2D eigenvalue weighted by atomic mass is 16.5. The van der Waals surface area contributed by atoms with Gasteiger partial charge in [0.15, 0.2) is 0 Å². The molecule has 2 atom stereocenters. The van der Waals surface area contributed by atoms with Crippen LogP contribution >= 0.6 is 0 Å². The largest absolute Gasteiger partial charge is 0.466 e. The summed E-state index contributed by atoms with van der Waals surface area (Å²) in [4.78, 5) is 24.6. The first-order valence-electron chi connectivity index (χ1n) is 37.3. The number of unbranched alkanes of at least 4 members (excludes halogenated alkanes) is 55. The molecule has 0 aromatic carbocycles. The minimum absolute atomic E-state index is 0.00424. The summed E-state index contributed by atoms with van der Waals surface area (Å²) >= 11 is 0. The molecule has 0 fully saturated rings. The van der Waals surface area contributed by atoms with E-state index < -0.39 is 12.1 Å². The van der Waals surface area contributed by atoms with Crippen LogP contribution in [0, 0.1) is 0 Å². The van der Waals surface area contributed by atoms with Gasteiger partial charge in [0.05, 0.1) is 25.4 Å². The number of nitrogens with one attached hydrogen (secondary N) is 1. The van der Waals surface area contributed by atoms with Gasteiger partial charge in [-0.2, -0.15) is 0 Å². The lowest BCUT2D eigenvalue weighted by Crippen LogP contribution is -2.45. The number of allylic oxidation sites excluding steroid dienone is 5. The maximum Gasteiger partial charge on any atom is 0.305 e. The zero-order chi connectivity index (χ0) is 59.2. The normalized spacial score (nSPS) is 12.7. The van der Waals surface area contributed by atoms with E-state index in [-0.39, 0.29) is 18.5 Å². The van der Waals surface area contributed by atoms with E-state index in [0.717, 1.165) is 51.4 Å². The van der Waals surface area contributed by atoms with Gasteiger partial charge in [-0.15, -0.1) is 0 Å². The summed E-state index contributed by atoms with van der Waals surface area (Å²) in [6.45, 7) is 4.88. The lowest BCUT2D eigenvalue weighted by atomic mass is 10.0. The Morgan fingerprint density at radius 3 is 0.976 bits per heavy atom. The third kappa shape index (κ3) is 67.2. The first-order chi connectivity index (χ1) is 40.5. The van der Waals surface area contributed by atoms with Crippen molar-refractivity contribution in [3.8, 4) is 0 Å². The first kappa shape index (κ1) is 80.1. The van der Waals surface area contributed by atoms with Gasteiger partial charge in [0.25, 0.3) is 0 Å². The molecule has 0 saturated heterocycles. The summed E-state index contributed by atoms with van der Waals surface area (Å²) in [5, 5.41) is 23.3. The second-order valence-electron chi connectivity index (χ2n) is 25.6. The van der Waals surface area contributed by atoms with Gasteiger partial charge in [-0.3, -0.25) is 9.59 Å². The van der Waals surface area contributed by atoms with Crippen molar-refractivity contribution in [1.82, 2.24) is 5.32 Å². The van der Waals surface area contributed by atoms with E-state index in [4.69, 9.17) is 4.74 Å². The summed E-state index contributed by atoms with van der Waals surface area (Å²) in [5.74, 6) is -0.0558. The second-order valence-corrected chi connectivity index (χ2v) is 25.6. The summed E-state index contributed by atoms with van der Waals surface area (Å²) in [6, 6.07) is -0.627. The van der Waals surface area contributed by atoms with Crippen LogP contribution in [-0.4, -0.2) is 47.4 Å². The van der Waals surface area contributed by atoms with Gasteiger partial charge in [0, 0.05) is 12.8 Å². The van der Waals surface area contributed by atoms with E-state index in [2.05, 4.69) is 43.5 Å². The number of hydrogen-bond donors (Lipinski definition) is 3. The molecule has 0 bridgehead atoms. The molecule has 0 aliphatic heterocycles. The molecule has 6 heteroatoms. The van der Waals surface area contributed by atoms with E-state index in [0.29, 0.717) is 19.4 Å². The van der Waals surface area contributed by atoms with Crippen LogP contribution in [0.2, 0.25) is 0 Å². The van der Waals surface area contributed by atoms with Gasteiger partial charge >= 0.3 is 5.97 Å². The molecule has 0 aliphatic rings. The molecule has 0 saturated carbocycles. The Morgan fingerprint density at radius 2 is 0.634 bits per heavy atom. The molecule has 82 heavy (non-hydrogen) atoms. The van der Waals surface area contributed by atoms with Crippen LogP contribution < -0.4 is 5.32 Å². The van der Waals surface area contributed by atoms with Crippen molar-refractivity contribution in [2.45, 2.75) is 424 Å². The van der Waals surface area contributed by atoms with E-state index in [9.17, 15) is 19.8 Å². The summed E-state index contributed by atoms with van der Waals surface area (Å²) in [6.07, 6.45) is 92.5. The summed E-state index contributed by atoms with van der Waals surface area (Å²) in [5.41, 5.74) is 0.